The van der Waals surface area contributed by atoms with E-state index in [-0.39, 0.29) is 34.3 Å². The molecule has 24 heavy (non-hydrogen) atoms. The van der Waals surface area contributed by atoms with Crippen molar-refractivity contribution in [3.63, 3.8) is 0 Å². The third-order valence-electron chi connectivity index (χ3n) is 4.24. The van der Waals surface area contributed by atoms with E-state index in [9.17, 15) is 9.18 Å². The smallest absolute Gasteiger partial charge is 0.274 e. The number of aromatic amines is 2. The van der Waals surface area contributed by atoms with Crippen LogP contribution in [0.1, 0.15) is 35.2 Å². The summed E-state index contributed by atoms with van der Waals surface area (Å²) in [5, 5.41) is 6.46. The molecule has 3 heterocycles. The number of fused-ring (bicyclic) bond motifs is 1. The molecule has 1 amide bonds. The third-order valence-corrected chi connectivity index (χ3v) is 4.62. The molecule has 4 N–H and O–H groups in total. The molecule has 0 radical (unpaired) electrons. The summed E-state index contributed by atoms with van der Waals surface area (Å²) >= 11 is 6.03. The number of rotatable bonds is 2. The molecule has 7 nitrogen and oxygen atoms in total. The number of likely N-dealkylation sites (tertiary alicyclic amines) is 1. The van der Waals surface area contributed by atoms with Gasteiger partial charge in [0.2, 0.25) is 0 Å². The molecule has 3 aromatic rings. The van der Waals surface area contributed by atoms with Gasteiger partial charge in [0.1, 0.15) is 22.4 Å². The van der Waals surface area contributed by atoms with Crippen molar-refractivity contribution in [3.8, 4) is 0 Å². The number of carbonyl (C=O) groups excluding carboxylic acids is 1. The fourth-order valence-electron chi connectivity index (χ4n) is 3.08. The molecule has 1 saturated heterocycles. The number of carbonyl (C=O) groups is 1. The number of halogens is 2. The van der Waals surface area contributed by atoms with E-state index in [2.05, 4.69) is 20.2 Å². The maximum atomic E-state index is 13.3. The van der Waals surface area contributed by atoms with Crippen LogP contribution in [-0.2, 0) is 0 Å². The molecule has 1 atom stereocenters. The normalized spacial score (nSPS) is 17.8. The molecule has 2 aromatic heterocycles. The second-order valence-corrected chi connectivity index (χ2v) is 6.12. The number of nitrogens with two attached hydrogens (primary N) is 1. The summed E-state index contributed by atoms with van der Waals surface area (Å²) in [6.07, 6.45) is 1.60. The lowest BCUT2D eigenvalue weighted by Gasteiger charge is -2.22. The average Bonchev–Trinajstić information content (AvgIpc) is 3.26. The van der Waals surface area contributed by atoms with Crippen LogP contribution in [-0.4, -0.2) is 37.5 Å². The fourth-order valence-corrected chi connectivity index (χ4v) is 3.25. The van der Waals surface area contributed by atoms with E-state index in [1.807, 2.05) is 0 Å². The molecule has 1 aliphatic heterocycles. The SMILES string of the molecule is Nc1n[nH]c(C(=O)N2CCCC2c2nc3ccc(F)cc3[nH]2)c1Cl. The Balaban J connectivity index is 1.68. The highest BCUT2D eigenvalue weighted by Crippen LogP contribution is 2.34. The number of anilines is 1. The second kappa shape index (κ2) is 5.48. The van der Waals surface area contributed by atoms with Crippen LogP contribution in [0, 0.1) is 5.82 Å². The molecule has 1 fully saturated rings. The van der Waals surface area contributed by atoms with Gasteiger partial charge in [-0.05, 0) is 31.0 Å². The highest BCUT2D eigenvalue weighted by molar-refractivity contribution is 6.35. The summed E-state index contributed by atoms with van der Waals surface area (Å²) in [6.45, 7) is 0.574. The minimum atomic E-state index is -0.336. The largest absolute Gasteiger partial charge is 0.381 e. The zero-order chi connectivity index (χ0) is 16.8. The number of hydrogen-bond donors (Lipinski definition) is 3. The highest BCUT2D eigenvalue weighted by Gasteiger charge is 2.34. The topological polar surface area (TPSA) is 104 Å². The standard InChI is InChI=1S/C15H14ClFN6O/c16-11-12(21-22-13(11)18)15(24)23-5-1-2-10(23)14-19-8-4-3-7(17)6-9(8)20-14/h3-4,6,10H,1-2,5H2,(H,19,20)(H3,18,21,22). The number of amides is 1. The van der Waals surface area contributed by atoms with E-state index in [0.717, 1.165) is 12.8 Å². The van der Waals surface area contributed by atoms with E-state index in [0.29, 0.717) is 23.4 Å². The molecule has 1 unspecified atom stereocenters. The van der Waals surface area contributed by atoms with Crippen LogP contribution in [0.2, 0.25) is 5.02 Å². The van der Waals surface area contributed by atoms with Crippen LogP contribution in [0.3, 0.4) is 0 Å². The lowest BCUT2D eigenvalue weighted by molar-refractivity contribution is 0.0724. The molecule has 0 spiro atoms. The number of H-pyrrole nitrogens is 2. The first-order valence-corrected chi connectivity index (χ1v) is 7.88. The first-order valence-electron chi connectivity index (χ1n) is 7.50. The number of imidazole rings is 1. The quantitative estimate of drug-likeness (QED) is 0.662. The molecular weight excluding hydrogens is 335 g/mol. The fraction of sp³-hybridized carbons (Fsp3) is 0.267. The van der Waals surface area contributed by atoms with Gasteiger partial charge in [-0.25, -0.2) is 9.37 Å². The zero-order valence-electron chi connectivity index (χ0n) is 12.5. The van der Waals surface area contributed by atoms with Crippen molar-refractivity contribution in [1.82, 2.24) is 25.1 Å². The summed E-state index contributed by atoms with van der Waals surface area (Å²) in [5.74, 6) is 0.107. The molecule has 124 valence electrons. The Morgan fingerprint density at radius 1 is 1.46 bits per heavy atom. The van der Waals surface area contributed by atoms with Crippen molar-refractivity contribution in [2.75, 3.05) is 12.3 Å². The van der Waals surface area contributed by atoms with Gasteiger partial charge in [0.05, 0.1) is 17.1 Å². The zero-order valence-corrected chi connectivity index (χ0v) is 13.3. The molecule has 9 heteroatoms. The van der Waals surface area contributed by atoms with Crippen molar-refractivity contribution in [1.29, 1.82) is 0 Å². The summed E-state index contributed by atoms with van der Waals surface area (Å²) in [7, 11) is 0. The number of nitrogens with one attached hydrogen (secondary N) is 2. The monoisotopic (exact) mass is 348 g/mol. The highest BCUT2D eigenvalue weighted by atomic mass is 35.5. The molecule has 0 bridgehead atoms. The van der Waals surface area contributed by atoms with Crippen molar-refractivity contribution >= 4 is 34.4 Å². The summed E-state index contributed by atoms with van der Waals surface area (Å²) < 4.78 is 13.3. The van der Waals surface area contributed by atoms with E-state index in [1.54, 1.807) is 11.0 Å². The molecule has 1 aliphatic rings. The van der Waals surface area contributed by atoms with Crippen LogP contribution >= 0.6 is 11.6 Å². The Labute approximate surface area is 141 Å². The molecule has 1 aromatic carbocycles. The van der Waals surface area contributed by atoms with Gasteiger partial charge in [-0.15, -0.1) is 0 Å². The molecule has 0 aliphatic carbocycles. The van der Waals surface area contributed by atoms with Crippen molar-refractivity contribution in [2.45, 2.75) is 18.9 Å². The van der Waals surface area contributed by atoms with Crippen molar-refractivity contribution in [3.05, 3.63) is 40.6 Å². The van der Waals surface area contributed by atoms with E-state index < -0.39 is 0 Å². The Hall–Kier alpha value is -2.61. The first kappa shape index (κ1) is 14.9. The average molecular weight is 349 g/mol. The number of nitrogen functional groups attached to an aromatic ring is 1. The summed E-state index contributed by atoms with van der Waals surface area (Å²) in [5.41, 5.74) is 7.02. The van der Waals surface area contributed by atoms with Crippen LogP contribution in [0.25, 0.3) is 11.0 Å². The van der Waals surface area contributed by atoms with Gasteiger partial charge in [-0.3, -0.25) is 9.89 Å². The minimum absolute atomic E-state index is 0.0926. The van der Waals surface area contributed by atoms with Gasteiger partial charge in [0.25, 0.3) is 5.91 Å². The summed E-state index contributed by atoms with van der Waals surface area (Å²) in [6, 6.07) is 4.13. The third kappa shape index (κ3) is 2.30. The van der Waals surface area contributed by atoms with Crippen LogP contribution in [0.15, 0.2) is 18.2 Å². The minimum Gasteiger partial charge on any atom is -0.381 e. The van der Waals surface area contributed by atoms with Crippen molar-refractivity contribution < 1.29 is 9.18 Å². The Morgan fingerprint density at radius 3 is 3.04 bits per heavy atom. The van der Waals surface area contributed by atoms with Crippen LogP contribution in [0.5, 0.6) is 0 Å². The van der Waals surface area contributed by atoms with Crippen molar-refractivity contribution in [2.24, 2.45) is 0 Å². The summed E-state index contributed by atoms with van der Waals surface area (Å²) in [4.78, 5) is 22.0. The van der Waals surface area contributed by atoms with Crippen LogP contribution in [0.4, 0.5) is 10.2 Å². The van der Waals surface area contributed by atoms with Crippen LogP contribution < -0.4 is 5.73 Å². The molecular formula is C15H14ClFN6O. The Kier molecular flexibility index (Phi) is 3.42. The number of nitrogens with zero attached hydrogens (tertiary/aromatic N) is 3. The predicted molar refractivity (Wildman–Crippen MR) is 87.1 cm³/mol. The number of aromatic nitrogens is 4. The lowest BCUT2D eigenvalue weighted by atomic mass is 10.2. The van der Waals surface area contributed by atoms with E-state index in [1.165, 1.54) is 12.1 Å². The maximum absolute atomic E-state index is 13.3. The first-order chi connectivity index (χ1) is 11.5. The second-order valence-electron chi connectivity index (χ2n) is 5.74. The van der Waals surface area contributed by atoms with Gasteiger partial charge in [-0.2, -0.15) is 5.10 Å². The van der Waals surface area contributed by atoms with Gasteiger partial charge in [0, 0.05) is 6.54 Å². The van der Waals surface area contributed by atoms with E-state index in [4.69, 9.17) is 17.3 Å². The van der Waals surface area contributed by atoms with Gasteiger partial charge in [-0.1, -0.05) is 11.6 Å². The van der Waals surface area contributed by atoms with Gasteiger partial charge >= 0.3 is 0 Å². The number of hydrogen-bond acceptors (Lipinski definition) is 4. The molecule has 4 rings (SSSR count). The maximum Gasteiger partial charge on any atom is 0.274 e. The van der Waals surface area contributed by atoms with Gasteiger partial charge in [0.15, 0.2) is 5.82 Å². The lowest BCUT2D eigenvalue weighted by Crippen LogP contribution is -2.31. The Bertz CT molecular complexity index is 935. The van der Waals surface area contributed by atoms with E-state index >= 15 is 0 Å². The number of benzene rings is 1. The molecule has 0 saturated carbocycles. The predicted octanol–water partition coefficient (Wildman–Crippen LogP) is 2.64. The Morgan fingerprint density at radius 2 is 2.29 bits per heavy atom. The van der Waals surface area contributed by atoms with Gasteiger partial charge < -0.3 is 15.6 Å².